The maximum absolute atomic E-state index is 12.4. The number of aliphatic imine (C=N–C) groups is 1. The van der Waals surface area contributed by atoms with Crippen LogP contribution in [0, 0.1) is 13.8 Å². The second-order valence-corrected chi connectivity index (χ2v) is 7.23. The van der Waals surface area contributed by atoms with Crippen LogP contribution < -0.4 is 19.5 Å². The fourth-order valence-electron chi connectivity index (χ4n) is 2.81. The van der Waals surface area contributed by atoms with Crippen molar-refractivity contribution in [3.8, 4) is 17.2 Å². The number of amides is 1. The smallest absolute Gasteiger partial charge is 0.264 e. The third-order valence-electron chi connectivity index (χ3n) is 4.26. The zero-order chi connectivity index (χ0) is 20.3. The molecule has 146 valence electrons. The highest BCUT2D eigenvalue weighted by Gasteiger charge is 2.25. The minimum Gasteiger partial charge on any atom is -0.493 e. The molecule has 1 saturated heterocycles. The Morgan fingerprint density at radius 3 is 2.43 bits per heavy atom. The van der Waals surface area contributed by atoms with Crippen LogP contribution in [0.5, 0.6) is 17.2 Å². The van der Waals surface area contributed by atoms with E-state index in [2.05, 4.69) is 10.3 Å². The second kappa shape index (κ2) is 8.39. The van der Waals surface area contributed by atoms with Crippen LogP contribution in [0.2, 0.25) is 0 Å². The number of carbonyl (C=O) groups is 1. The summed E-state index contributed by atoms with van der Waals surface area (Å²) in [6.45, 7) is 4.00. The van der Waals surface area contributed by atoms with E-state index < -0.39 is 0 Å². The summed E-state index contributed by atoms with van der Waals surface area (Å²) >= 11 is 1.29. The molecule has 1 aliphatic heterocycles. The quantitative estimate of drug-likeness (QED) is 0.764. The Morgan fingerprint density at radius 1 is 1.00 bits per heavy atom. The zero-order valence-corrected chi connectivity index (χ0v) is 17.3. The third-order valence-corrected chi connectivity index (χ3v) is 5.17. The van der Waals surface area contributed by atoms with Crippen molar-refractivity contribution in [1.82, 2.24) is 5.32 Å². The lowest BCUT2D eigenvalue weighted by Gasteiger charge is -2.14. The Kier molecular flexibility index (Phi) is 5.94. The van der Waals surface area contributed by atoms with Crippen molar-refractivity contribution in [2.75, 3.05) is 21.3 Å². The van der Waals surface area contributed by atoms with Crippen molar-refractivity contribution in [2.45, 2.75) is 13.8 Å². The Morgan fingerprint density at radius 2 is 1.75 bits per heavy atom. The summed E-state index contributed by atoms with van der Waals surface area (Å²) in [6.07, 6.45) is 1.76. The highest BCUT2D eigenvalue weighted by Crippen LogP contribution is 2.41. The number of carbonyl (C=O) groups excluding carboxylic acids is 1. The van der Waals surface area contributed by atoms with Gasteiger partial charge >= 0.3 is 0 Å². The van der Waals surface area contributed by atoms with Gasteiger partial charge in [-0.3, -0.25) is 4.79 Å². The van der Waals surface area contributed by atoms with E-state index in [4.69, 9.17) is 14.2 Å². The molecule has 1 N–H and O–H groups in total. The molecule has 3 rings (SSSR count). The van der Waals surface area contributed by atoms with E-state index >= 15 is 0 Å². The largest absolute Gasteiger partial charge is 0.493 e. The van der Waals surface area contributed by atoms with Gasteiger partial charge in [0.05, 0.1) is 31.9 Å². The van der Waals surface area contributed by atoms with Gasteiger partial charge in [-0.25, -0.2) is 4.99 Å². The van der Waals surface area contributed by atoms with Gasteiger partial charge in [-0.2, -0.15) is 0 Å². The first kappa shape index (κ1) is 19.8. The van der Waals surface area contributed by atoms with Crippen molar-refractivity contribution in [3.63, 3.8) is 0 Å². The molecule has 0 aromatic heterocycles. The summed E-state index contributed by atoms with van der Waals surface area (Å²) in [5, 5.41) is 3.36. The number of aryl methyl sites for hydroxylation is 2. The fraction of sp³-hybridized carbons (Fsp3) is 0.238. The minimum absolute atomic E-state index is 0.203. The number of hydrogen-bond donors (Lipinski definition) is 1. The van der Waals surface area contributed by atoms with Gasteiger partial charge in [-0.15, -0.1) is 0 Å². The number of thioether (sulfide) groups is 1. The van der Waals surface area contributed by atoms with E-state index in [1.54, 1.807) is 33.5 Å². The first-order chi connectivity index (χ1) is 13.5. The van der Waals surface area contributed by atoms with E-state index in [0.717, 1.165) is 16.8 Å². The lowest BCUT2D eigenvalue weighted by molar-refractivity contribution is -0.115. The van der Waals surface area contributed by atoms with Crippen molar-refractivity contribution in [3.05, 3.63) is 51.9 Å². The minimum atomic E-state index is -0.203. The van der Waals surface area contributed by atoms with Crippen LogP contribution >= 0.6 is 11.8 Å². The van der Waals surface area contributed by atoms with Crippen molar-refractivity contribution in [2.24, 2.45) is 4.99 Å². The lowest BCUT2D eigenvalue weighted by Crippen LogP contribution is -2.19. The van der Waals surface area contributed by atoms with Gasteiger partial charge in [0.1, 0.15) is 0 Å². The molecular weight excluding hydrogens is 376 g/mol. The number of hydrogen-bond acceptors (Lipinski definition) is 6. The average molecular weight is 398 g/mol. The summed E-state index contributed by atoms with van der Waals surface area (Å²) in [5.41, 5.74) is 3.72. The molecule has 2 aromatic carbocycles. The number of methoxy groups -OCH3 is 3. The van der Waals surface area contributed by atoms with Gasteiger partial charge in [0.2, 0.25) is 5.75 Å². The van der Waals surface area contributed by atoms with Crippen molar-refractivity contribution < 1.29 is 19.0 Å². The summed E-state index contributed by atoms with van der Waals surface area (Å²) in [6, 6.07) is 9.64. The fourth-order valence-corrected chi connectivity index (χ4v) is 3.63. The van der Waals surface area contributed by atoms with Gasteiger partial charge < -0.3 is 19.5 Å². The van der Waals surface area contributed by atoms with E-state index in [1.807, 2.05) is 38.1 Å². The predicted octanol–water partition coefficient (Wildman–Crippen LogP) is 4.22. The van der Waals surface area contributed by atoms with E-state index in [-0.39, 0.29) is 5.91 Å². The summed E-state index contributed by atoms with van der Waals surface area (Å²) in [7, 11) is 4.66. The number of nitrogens with one attached hydrogen (secondary N) is 1. The number of nitrogens with zero attached hydrogens (tertiary/aromatic N) is 1. The van der Waals surface area contributed by atoms with Gasteiger partial charge in [0, 0.05) is 5.56 Å². The van der Waals surface area contributed by atoms with E-state index in [1.165, 1.54) is 11.8 Å². The highest BCUT2D eigenvalue weighted by atomic mass is 32.2. The Hall–Kier alpha value is -2.93. The summed E-state index contributed by atoms with van der Waals surface area (Å²) < 4.78 is 16.2. The molecule has 1 fully saturated rings. The molecule has 1 aliphatic rings. The van der Waals surface area contributed by atoms with Crippen LogP contribution in [0.4, 0.5) is 5.69 Å². The molecule has 1 heterocycles. The van der Waals surface area contributed by atoms with E-state index in [0.29, 0.717) is 32.9 Å². The first-order valence-corrected chi connectivity index (χ1v) is 9.44. The summed E-state index contributed by atoms with van der Waals surface area (Å²) in [4.78, 5) is 17.5. The normalized spacial score (nSPS) is 16.4. The van der Waals surface area contributed by atoms with Gasteiger partial charge in [0.15, 0.2) is 16.7 Å². The molecule has 0 aliphatic carbocycles. The maximum atomic E-state index is 12.4. The molecule has 6 nitrogen and oxygen atoms in total. The Labute approximate surface area is 168 Å². The van der Waals surface area contributed by atoms with Gasteiger partial charge in [-0.1, -0.05) is 12.1 Å². The molecule has 0 spiro atoms. The van der Waals surface area contributed by atoms with Crippen LogP contribution in [0.25, 0.3) is 6.08 Å². The monoisotopic (exact) mass is 398 g/mol. The van der Waals surface area contributed by atoms with Crippen molar-refractivity contribution >= 4 is 34.6 Å². The number of amidine groups is 1. The standard InChI is InChI=1S/C21H22N2O4S/c1-12-6-7-13(2)15(10-12)22-21-23-20(24)17(28-21)11-14-8-9-16(25-3)19(27-5)18(14)26-4/h6-11H,1-5H3,(H,22,23,24)/b17-11-. The van der Waals surface area contributed by atoms with Crippen molar-refractivity contribution in [1.29, 1.82) is 0 Å². The first-order valence-electron chi connectivity index (χ1n) is 8.62. The van der Waals surface area contributed by atoms with Crippen LogP contribution in [-0.4, -0.2) is 32.4 Å². The van der Waals surface area contributed by atoms with Crippen LogP contribution in [0.3, 0.4) is 0 Å². The number of ether oxygens (including phenoxy) is 3. The Balaban J connectivity index is 1.95. The molecule has 0 bridgehead atoms. The highest BCUT2D eigenvalue weighted by molar-refractivity contribution is 8.18. The molecule has 7 heteroatoms. The molecule has 0 radical (unpaired) electrons. The second-order valence-electron chi connectivity index (χ2n) is 6.20. The molecule has 2 aromatic rings. The van der Waals surface area contributed by atoms with Crippen LogP contribution in [-0.2, 0) is 4.79 Å². The molecule has 0 unspecified atom stereocenters. The van der Waals surface area contributed by atoms with Crippen LogP contribution in [0.1, 0.15) is 16.7 Å². The molecule has 28 heavy (non-hydrogen) atoms. The molecular formula is C21H22N2O4S. The predicted molar refractivity (Wildman–Crippen MR) is 113 cm³/mol. The maximum Gasteiger partial charge on any atom is 0.264 e. The summed E-state index contributed by atoms with van der Waals surface area (Å²) in [5.74, 6) is 1.34. The Bertz CT molecular complexity index is 983. The van der Waals surface area contributed by atoms with Crippen LogP contribution in [0.15, 0.2) is 40.2 Å². The molecule has 0 atom stereocenters. The molecule has 0 saturated carbocycles. The average Bonchev–Trinajstić information content (AvgIpc) is 3.03. The van der Waals surface area contributed by atoms with E-state index in [9.17, 15) is 4.79 Å². The zero-order valence-electron chi connectivity index (χ0n) is 16.5. The van der Waals surface area contributed by atoms with Gasteiger partial charge in [-0.05, 0) is 61.0 Å². The number of rotatable bonds is 5. The van der Waals surface area contributed by atoms with Gasteiger partial charge in [0.25, 0.3) is 5.91 Å². The third kappa shape index (κ3) is 3.99. The number of benzene rings is 2. The lowest BCUT2D eigenvalue weighted by atomic mass is 10.1. The molecule has 1 amide bonds. The SMILES string of the molecule is COc1ccc(/C=C2\SC(=Nc3cc(C)ccc3C)NC2=O)c(OC)c1OC. The topological polar surface area (TPSA) is 69.2 Å².